The molecule has 26 heteroatoms. The molecule has 3 rings (SSSR count). The van der Waals surface area contributed by atoms with Gasteiger partial charge in [0, 0.05) is 6.42 Å². The van der Waals surface area contributed by atoms with E-state index in [1.165, 1.54) is 6.92 Å². The Labute approximate surface area is 402 Å². The summed E-state index contributed by atoms with van der Waals surface area (Å²) in [6.45, 7) is 3.10. The first kappa shape index (κ1) is 57.1. The number of rotatable bonds is 16. The molecule has 1 aromatic carbocycles. The molecule has 2 heterocycles. The van der Waals surface area contributed by atoms with Gasteiger partial charge in [-0.3, -0.25) is 28.8 Å². The molecule has 10 atom stereocenters. The molecule has 0 saturated carbocycles. The van der Waals surface area contributed by atoms with Crippen LogP contribution in [0.15, 0.2) is 30.3 Å². The van der Waals surface area contributed by atoms with Gasteiger partial charge in [0.2, 0.25) is 23.6 Å². The van der Waals surface area contributed by atoms with Crippen LogP contribution in [0.3, 0.4) is 0 Å². The minimum atomic E-state index is -3.14. The number of nitrogens with one attached hydrogen (secondary N) is 10. The van der Waals surface area contributed by atoms with Crippen LogP contribution in [0, 0.1) is 5.92 Å². The van der Waals surface area contributed by atoms with Gasteiger partial charge in [0.1, 0.15) is 30.2 Å². The Morgan fingerprint density at radius 3 is 1.71 bits per heavy atom. The minimum Gasteiger partial charge on any atom is -0.391 e. The summed E-state index contributed by atoms with van der Waals surface area (Å²) in [5, 5.41) is 43.5. The van der Waals surface area contributed by atoms with Gasteiger partial charge >= 0.3 is 158 Å². The van der Waals surface area contributed by atoms with Crippen LogP contribution >= 0.6 is 0 Å². The predicted molar refractivity (Wildman–Crippen MR) is 245 cm³/mol. The van der Waals surface area contributed by atoms with Crippen molar-refractivity contribution in [2.75, 3.05) is 32.8 Å². The number of benzene rings is 1. The normalized spacial score (nSPS) is 26.2. The van der Waals surface area contributed by atoms with E-state index in [2.05, 4.69) is 51.4 Å². The summed E-state index contributed by atoms with van der Waals surface area (Å²) < 4.78 is 15.1. The van der Waals surface area contributed by atoms with Crippen LogP contribution in [0.2, 0.25) is 4.44 Å². The molecule has 378 valence electrons. The Kier molecular flexibility index (Phi) is 24.3. The van der Waals surface area contributed by atoms with E-state index in [-0.39, 0.29) is 64.1 Å². The van der Waals surface area contributed by atoms with Crippen LogP contribution in [0.5, 0.6) is 0 Å². The maximum atomic E-state index is 14.2. The SMILES string of the molecule is CC(C)C[C@@H]1NC(=O)[C@@H](Cc2ccccc2)NC(=O)[C@H](CCN)NC(=O)[C@@H](NC(=O)[C@@H](CO)NC(=O)C2C[CH2][Sn](=[O])[NH]2)CCNC(=O)[C@H]([C@@H](C)O)NC(=O)[C@H](CCN)NC(=O)[C@H](CCN)NC1=O. The van der Waals surface area contributed by atoms with E-state index in [4.69, 9.17) is 17.2 Å². The first-order chi connectivity index (χ1) is 32.3. The number of carbonyl (C=O) groups excluding carboxylic acids is 9. The summed E-state index contributed by atoms with van der Waals surface area (Å²) in [4.78, 5) is 124. The summed E-state index contributed by atoms with van der Waals surface area (Å²) >= 11 is -3.14. The van der Waals surface area contributed by atoms with Crippen molar-refractivity contribution in [2.45, 2.75) is 131 Å². The molecule has 0 bridgehead atoms. The second-order valence-corrected chi connectivity index (χ2v) is 21.8. The maximum absolute atomic E-state index is 14.2. The number of hydrogen-bond acceptors (Lipinski definition) is 15. The van der Waals surface area contributed by atoms with Gasteiger partial charge in [-0.05, 0) is 57.3 Å². The minimum absolute atomic E-state index is 0.0710. The van der Waals surface area contributed by atoms with Crippen molar-refractivity contribution in [3.8, 4) is 0 Å². The van der Waals surface area contributed by atoms with Crippen LogP contribution < -0.4 is 68.6 Å². The Hall–Kier alpha value is -5.19. The number of nitrogens with two attached hydrogens (primary N) is 3. The van der Waals surface area contributed by atoms with Crippen molar-refractivity contribution in [3.05, 3.63) is 35.9 Å². The number of amides is 9. The van der Waals surface area contributed by atoms with Crippen molar-refractivity contribution in [2.24, 2.45) is 23.1 Å². The molecule has 2 aliphatic heterocycles. The fraction of sp³-hybridized carbons (Fsp3) is 0.643. The van der Waals surface area contributed by atoms with Gasteiger partial charge in [-0.1, -0.05) is 44.2 Å². The average molecular weight is 1070 g/mol. The van der Waals surface area contributed by atoms with E-state index in [0.29, 0.717) is 10.0 Å². The zero-order valence-corrected chi connectivity index (χ0v) is 41.5. The molecular weight excluding hydrogens is 997 g/mol. The van der Waals surface area contributed by atoms with Gasteiger partial charge in [-0.2, -0.15) is 0 Å². The molecule has 68 heavy (non-hydrogen) atoms. The third-order valence-corrected chi connectivity index (χ3v) is 15.1. The van der Waals surface area contributed by atoms with Crippen molar-refractivity contribution in [3.63, 3.8) is 0 Å². The molecule has 0 radical (unpaired) electrons. The quantitative estimate of drug-likeness (QED) is 0.0685. The number of hydrogen-bond donors (Lipinski definition) is 15. The van der Waals surface area contributed by atoms with Crippen molar-refractivity contribution in [1.82, 2.24) is 51.4 Å². The van der Waals surface area contributed by atoms with Crippen molar-refractivity contribution in [1.29, 1.82) is 0 Å². The zero-order valence-electron chi connectivity index (χ0n) is 38.6. The van der Waals surface area contributed by atoms with Crippen LogP contribution in [0.1, 0.15) is 64.9 Å². The molecule has 0 aromatic heterocycles. The number of aliphatic hydroxyl groups excluding tert-OH is 2. The number of aliphatic hydroxyl groups is 2. The third-order valence-electron chi connectivity index (χ3n) is 11.1. The first-order valence-electron chi connectivity index (χ1n) is 22.7. The molecule has 2 saturated heterocycles. The Balaban J connectivity index is 2.09. The molecule has 0 spiro atoms. The molecule has 9 amide bonds. The van der Waals surface area contributed by atoms with Crippen molar-refractivity contribution >= 4 is 73.2 Å². The molecule has 1 unspecified atom stereocenters. The molecule has 18 N–H and O–H groups in total. The van der Waals surface area contributed by atoms with Gasteiger partial charge < -0.3 is 48.9 Å². The average Bonchev–Trinajstić information content (AvgIpc) is 3.74. The molecule has 0 aliphatic carbocycles. The van der Waals surface area contributed by atoms with Crippen LogP contribution in [0.4, 0.5) is 0 Å². The van der Waals surface area contributed by atoms with Gasteiger partial charge in [-0.15, -0.1) is 0 Å². The topological polar surface area (TPSA) is 410 Å². The van der Waals surface area contributed by atoms with E-state index >= 15 is 0 Å². The molecule has 25 nitrogen and oxygen atoms in total. The van der Waals surface area contributed by atoms with E-state index in [1.54, 1.807) is 44.2 Å². The molecular formula is C42H69N13O12Sn. The second-order valence-electron chi connectivity index (χ2n) is 17.1. The monoisotopic (exact) mass is 1070 g/mol. The summed E-state index contributed by atoms with van der Waals surface area (Å²) in [6, 6.07) is -3.87. The predicted octanol–water partition coefficient (Wildman–Crippen LogP) is -6.63. The fourth-order valence-corrected chi connectivity index (χ4v) is 11.2. The van der Waals surface area contributed by atoms with E-state index in [1.807, 2.05) is 0 Å². The summed E-state index contributed by atoms with van der Waals surface area (Å²) in [7, 11) is 0. The molecule has 2 fully saturated rings. The summed E-state index contributed by atoms with van der Waals surface area (Å²) in [5.41, 5.74) is 18.1. The van der Waals surface area contributed by atoms with Gasteiger partial charge in [-0.25, -0.2) is 0 Å². The van der Waals surface area contributed by atoms with E-state index in [9.17, 15) is 56.4 Å². The Morgan fingerprint density at radius 1 is 0.706 bits per heavy atom. The van der Waals surface area contributed by atoms with Gasteiger partial charge in [0.15, 0.2) is 0 Å². The van der Waals surface area contributed by atoms with E-state index < -0.39 is 153 Å². The second kappa shape index (κ2) is 29.0. The number of carbonyl (C=O) groups is 9. The van der Waals surface area contributed by atoms with E-state index in [0.717, 1.165) is 0 Å². The smallest absolute Gasteiger partial charge is 0.391 e. The van der Waals surface area contributed by atoms with Crippen LogP contribution in [0.25, 0.3) is 0 Å². The molecule has 1 aromatic rings. The first-order valence-corrected chi connectivity index (χ1v) is 27.4. The van der Waals surface area contributed by atoms with Gasteiger partial charge in [0.05, 0.1) is 6.10 Å². The molecule has 2 aliphatic rings. The van der Waals surface area contributed by atoms with Crippen molar-refractivity contribution < 1.29 is 56.4 Å². The van der Waals surface area contributed by atoms with Crippen LogP contribution in [-0.4, -0.2) is 177 Å². The standard InChI is InChI=1S/C42H69N13O11.O.Sn/c1-5-25(46)34(58)54-32(21-56)41(65)51-29-14-18-47-42(66)33(23(4)57)55-38(62)28(13-17-45)49-35(59)26(11-15-43)50-39(63)30(19-22(2)3)52-40(64)31(20-24-9-7-6-8-10-24)53-36(60)27(12-16-44)48-37(29)61;;/h6-10,22-23,25-33,46,56-57H,1,5,11-21,43-45H2,2-4H3,(H,47,66)(H,48,61)(H,49,59)(H,50,63)(H,51,65)(H,52,64)(H,53,60)(H,54,58)(H,55,62);;/q-1;;+1/t23-,25?,26+,27+,28+,29+,30+,31-,32-,33+;;/m1../s1. The summed E-state index contributed by atoms with van der Waals surface area (Å²) in [6.07, 6.45) is -2.13. The summed E-state index contributed by atoms with van der Waals surface area (Å²) in [5.74, 6) is -8.12. The Bertz CT molecular complexity index is 1930. The van der Waals surface area contributed by atoms with Gasteiger partial charge in [0.25, 0.3) is 0 Å². The third kappa shape index (κ3) is 18.4. The Morgan fingerprint density at radius 2 is 1.21 bits per heavy atom. The fourth-order valence-electron chi connectivity index (χ4n) is 7.36. The van der Waals surface area contributed by atoms with Crippen LogP contribution in [-0.2, 0) is 52.6 Å². The zero-order chi connectivity index (χ0) is 50.5.